The Kier molecular flexibility index (Phi) is 9.67. The highest BCUT2D eigenvalue weighted by Gasteiger charge is 2.12. The van der Waals surface area contributed by atoms with E-state index in [2.05, 4.69) is 20.4 Å². The molecule has 0 bridgehead atoms. The lowest BCUT2D eigenvalue weighted by Crippen LogP contribution is -2.36. The van der Waals surface area contributed by atoms with E-state index in [1.165, 1.54) is 13.2 Å². The van der Waals surface area contributed by atoms with Gasteiger partial charge in [-0.15, -0.1) is 0 Å². The van der Waals surface area contributed by atoms with E-state index in [0.29, 0.717) is 48.5 Å². The Labute approximate surface area is 181 Å². The largest absolute Gasteiger partial charge is 0.497 e. The third-order valence-corrected chi connectivity index (χ3v) is 4.22. The smallest absolute Gasteiger partial charge is 0.387 e. The van der Waals surface area contributed by atoms with E-state index in [9.17, 15) is 8.78 Å². The van der Waals surface area contributed by atoms with Crippen LogP contribution in [0.3, 0.4) is 0 Å². The summed E-state index contributed by atoms with van der Waals surface area (Å²) in [6.07, 6.45) is 0. The quantitative estimate of drug-likeness (QED) is 0.410. The molecule has 2 rings (SSSR count). The molecule has 0 spiro atoms. The predicted octanol–water partition coefficient (Wildman–Crippen LogP) is 3.96. The van der Waals surface area contributed by atoms with E-state index in [1.54, 1.807) is 19.2 Å². The normalized spacial score (nSPS) is 11.3. The first-order valence-corrected chi connectivity index (χ1v) is 9.94. The lowest BCUT2D eigenvalue weighted by Gasteiger charge is -2.15. The summed E-state index contributed by atoms with van der Waals surface area (Å²) in [5.74, 6) is 2.46. The summed E-state index contributed by atoms with van der Waals surface area (Å²) < 4.78 is 46.1. The summed E-state index contributed by atoms with van der Waals surface area (Å²) in [5.41, 5.74) is 1.46. The van der Waals surface area contributed by atoms with Crippen molar-refractivity contribution in [1.29, 1.82) is 0 Å². The maximum atomic E-state index is 12.7. The zero-order valence-corrected chi connectivity index (χ0v) is 18.2. The van der Waals surface area contributed by atoms with Crippen molar-refractivity contribution in [2.24, 2.45) is 4.99 Å². The van der Waals surface area contributed by atoms with Crippen molar-refractivity contribution in [2.45, 2.75) is 33.5 Å². The molecule has 0 aromatic heterocycles. The van der Waals surface area contributed by atoms with Crippen molar-refractivity contribution >= 4 is 5.96 Å². The molecule has 0 aliphatic rings. The molecule has 2 aromatic rings. The maximum Gasteiger partial charge on any atom is 0.387 e. The van der Waals surface area contributed by atoms with E-state index in [-0.39, 0.29) is 12.3 Å². The van der Waals surface area contributed by atoms with Crippen LogP contribution >= 0.6 is 0 Å². The Morgan fingerprint density at radius 1 is 0.968 bits per heavy atom. The summed E-state index contributed by atoms with van der Waals surface area (Å²) in [6.45, 7) is 2.70. The molecule has 0 heterocycles. The zero-order chi connectivity index (χ0) is 22.6. The molecule has 0 fully saturated rings. The first-order valence-electron chi connectivity index (χ1n) is 9.94. The van der Waals surface area contributed by atoms with Crippen molar-refractivity contribution in [2.75, 3.05) is 27.4 Å². The third kappa shape index (κ3) is 7.51. The number of aliphatic imine (C=N–C) groups is 1. The van der Waals surface area contributed by atoms with Crippen molar-refractivity contribution < 1.29 is 27.7 Å². The van der Waals surface area contributed by atoms with Gasteiger partial charge in [0.25, 0.3) is 0 Å². The molecule has 0 atom stereocenters. The molecule has 0 aliphatic carbocycles. The van der Waals surface area contributed by atoms with Crippen LogP contribution in [0.1, 0.15) is 25.0 Å². The van der Waals surface area contributed by atoms with Crippen molar-refractivity contribution in [3.8, 4) is 23.0 Å². The number of hydrogen-bond donors (Lipinski definition) is 2. The molecule has 7 nitrogen and oxygen atoms in total. The molecule has 0 radical (unpaired) electrons. The van der Waals surface area contributed by atoms with Gasteiger partial charge in [-0.1, -0.05) is 6.07 Å². The standard InChI is InChI=1S/C22H29F2N3O4/c1-5-25-22(26-13-15-7-9-19(29-4)20(11-15)30-6-2)27-14-16-12-17(28-3)8-10-18(16)31-21(23)24/h7-12,21H,5-6,13-14H2,1-4H3,(H2,25,26,27). The molecule has 170 valence electrons. The fourth-order valence-corrected chi connectivity index (χ4v) is 2.81. The first-order chi connectivity index (χ1) is 15.0. The fourth-order valence-electron chi connectivity index (χ4n) is 2.81. The van der Waals surface area contributed by atoms with Gasteiger partial charge in [-0.25, -0.2) is 4.99 Å². The molecule has 2 aromatic carbocycles. The minimum atomic E-state index is -2.91. The third-order valence-electron chi connectivity index (χ3n) is 4.22. The highest BCUT2D eigenvalue weighted by Crippen LogP contribution is 2.28. The van der Waals surface area contributed by atoms with Gasteiger partial charge in [-0.2, -0.15) is 8.78 Å². The second-order valence-electron chi connectivity index (χ2n) is 6.32. The van der Waals surface area contributed by atoms with Crippen LogP contribution in [0.5, 0.6) is 23.0 Å². The number of alkyl halides is 2. The van der Waals surface area contributed by atoms with Crippen LogP contribution in [0.25, 0.3) is 0 Å². The minimum Gasteiger partial charge on any atom is -0.497 e. The van der Waals surface area contributed by atoms with Gasteiger partial charge < -0.3 is 29.6 Å². The van der Waals surface area contributed by atoms with E-state index < -0.39 is 6.61 Å². The molecular formula is C22H29F2N3O4. The second-order valence-corrected chi connectivity index (χ2v) is 6.32. The van der Waals surface area contributed by atoms with E-state index in [0.717, 1.165) is 5.56 Å². The van der Waals surface area contributed by atoms with Crippen LogP contribution in [0.4, 0.5) is 8.78 Å². The summed E-state index contributed by atoms with van der Waals surface area (Å²) in [4.78, 5) is 4.57. The zero-order valence-electron chi connectivity index (χ0n) is 18.2. The van der Waals surface area contributed by atoms with Crippen LogP contribution in [-0.4, -0.2) is 39.9 Å². The summed E-state index contributed by atoms with van der Waals surface area (Å²) in [5, 5.41) is 6.27. The molecule has 0 aliphatic heterocycles. The Morgan fingerprint density at radius 3 is 2.39 bits per heavy atom. The molecular weight excluding hydrogens is 408 g/mol. The van der Waals surface area contributed by atoms with Gasteiger partial charge in [0.2, 0.25) is 0 Å². The molecule has 31 heavy (non-hydrogen) atoms. The van der Waals surface area contributed by atoms with Crippen LogP contribution < -0.4 is 29.6 Å². The minimum absolute atomic E-state index is 0.0793. The predicted molar refractivity (Wildman–Crippen MR) is 115 cm³/mol. The highest BCUT2D eigenvalue weighted by atomic mass is 19.3. The Balaban J connectivity index is 2.14. The number of hydrogen-bond acceptors (Lipinski definition) is 5. The van der Waals surface area contributed by atoms with Crippen LogP contribution in [0.2, 0.25) is 0 Å². The number of guanidine groups is 1. The summed E-state index contributed by atoms with van der Waals surface area (Å²) in [6, 6.07) is 10.3. The van der Waals surface area contributed by atoms with Crippen molar-refractivity contribution in [1.82, 2.24) is 10.6 Å². The van der Waals surface area contributed by atoms with E-state index in [4.69, 9.17) is 14.2 Å². The van der Waals surface area contributed by atoms with Crippen molar-refractivity contribution in [3.05, 3.63) is 47.5 Å². The molecule has 0 amide bonds. The molecule has 0 saturated heterocycles. The van der Waals surface area contributed by atoms with E-state index >= 15 is 0 Å². The van der Waals surface area contributed by atoms with Crippen LogP contribution in [0.15, 0.2) is 41.4 Å². The number of rotatable bonds is 11. The van der Waals surface area contributed by atoms with Gasteiger partial charge in [0.05, 0.1) is 27.4 Å². The Morgan fingerprint density at radius 2 is 1.74 bits per heavy atom. The number of methoxy groups -OCH3 is 2. The molecule has 0 saturated carbocycles. The summed E-state index contributed by atoms with van der Waals surface area (Å²) >= 11 is 0. The number of halogens is 2. The Hall–Kier alpha value is -3.23. The second kappa shape index (κ2) is 12.5. The number of nitrogens with zero attached hydrogens (tertiary/aromatic N) is 1. The average Bonchev–Trinajstić information content (AvgIpc) is 2.76. The molecule has 9 heteroatoms. The monoisotopic (exact) mass is 437 g/mol. The average molecular weight is 437 g/mol. The van der Waals surface area contributed by atoms with Gasteiger partial charge in [0.1, 0.15) is 11.5 Å². The molecule has 2 N–H and O–H groups in total. The fraction of sp³-hybridized carbons (Fsp3) is 0.409. The maximum absolute atomic E-state index is 12.7. The number of benzene rings is 2. The lowest BCUT2D eigenvalue weighted by molar-refractivity contribution is -0.0505. The van der Waals surface area contributed by atoms with Gasteiger partial charge in [-0.05, 0) is 49.7 Å². The van der Waals surface area contributed by atoms with E-state index in [1.807, 2.05) is 32.0 Å². The van der Waals surface area contributed by atoms with Crippen molar-refractivity contribution in [3.63, 3.8) is 0 Å². The highest BCUT2D eigenvalue weighted by molar-refractivity contribution is 5.79. The van der Waals surface area contributed by atoms with Gasteiger partial charge in [-0.3, -0.25) is 0 Å². The number of nitrogens with one attached hydrogen (secondary N) is 2. The molecule has 0 unspecified atom stereocenters. The van der Waals surface area contributed by atoms with Gasteiger partial charge in [0.15, 0.2) is 17.5 Å². The van der Waals surface area contributed by atoms with Crippen LogP contribution in [-0.2, 0) is 13.1 Å². The SMILES string of the molecule is CCNC(=NCc1ccc(OC)c(OCC)c1)NCc1cc(OC)ccc1OC(F)F. The topological polar surface area (TPSA) is 73.3 Å². The first kappa shape index (κ1) is 24.0. The summed E-state index contributed by atoms with van der Waals surface area (Å²) in [7, 11) is 3.10. The lowest BCUT2D eigenvalue weighted by atomic mass is 10.2. The van der Waals surface area contributed by atoms with Gasteiger partial charge in [0, 0.05) is 18.7 Å². The van der Waals surface area contributed by atoms with Gasteiger partial charge >= 0.3 is 6.61 Å². The number of ether oxygens (including phenoxy) is 4. The van der Waals surface area contributed by atoms with Crippen LogP contribution in [0, 0.1) is 0 Å². The Bertz CT molecular complexity index is 863.